The van der Waals surface area contributed by atoms with Crippen LogP contribution in [0.5, 0.6) is 0 Å². The molecule has 18 heavy (non-hydrogen) atoms. The van der Waals surface area contributed by atoms with E-state index < -0.39 is 0 Å². The maximum atomic E-state index is 12.5. The molecule has 4 heteroatoms. The lowest BCUT2D eigenvalue weighted by Crippen LogP contribution is -2.40. The topological polar surface area (TPSA) is 58.4 Å². The summed E-state index contributed by atoms with van der Waals surface area (Å²) in [6.45, 7) is 0.787. The second-order valence-corrected chi connectivity index (χ2v) is 5.57. The van der Waals surface area contributed by atoms with Gasteiger partial charge in [-0.05, 0) is 31.0 Å². The Bertz CT molecular complexity index is 492. The van der Waals surface area contributed by atoms with E-state index in [1.165, 1.54) is 0 Å². The normalized spacial score (nSPS) is 21.6. The number of anilines is 3. The lowest BCUT2D eigenvalue weighted by molar-refractivity contribution is -0.124. The molecule has 0 aromatic heterocycles. The van der Waals surface area contributed by atoms with Crippen LogP contribution in [-0.2, 0) is 4.79 Å². The fourth-order valence-corrected chi connectivity index (χ4v) is 3.27. The molecular weight excluding hydrogens is 226 g/mol. The fraction of sp³-hybridized carbons (Fsp3) is 0.500. The third kappa shape index (κ3) is 1.64. The van der Waals surface area contributed by atoms with Crippen LogP contribution in [0.3, 0.4) is 0 Å². The van der Waals surface area contributed by atoms with Crippen molar-refractivity contribution < 1.29 is 4.79 Å². The lowest BCUT2D eigenvalue weighted by atomic mass is 9.85. The predicted octanol–water partition coefficient (Wildman–Crippen LogP) is 2.22. The maximum absolute atomic E-state index is 12.5. The van der Waals surface area contributed by atoms with Crippen molar-refractivity contribution >= 4 is 23.0 Å². The van der Waals surface area contributed by atoms with Crippen LogP contribution in [0.2, 0.25) is 0 Å². The number of nitrogens with one attached hydrogen (secondary N) is 1. The van der Waals surface area contributed by atoms with Crippen LogP contribution in [-0.4, -0.2) is 19.5 Å². The lowest BCUT2D eigenvalue weighted by Gasteiger charge is -2.29. The van der Waals surface area contributed by atoms with E-state index in [4.69, 9.17) is 5.73 Å². The zero-order valence-electron chi connectivity index (χ0n) is 10.7. The first kappa shape index (κ1) is 11.4. The van der Waals surface area contributed by atoms with Gasteiger partial charge in [0.15, 0.2) is 0 Å². The molecular formula is C14H19N3O. The third-order valence-electron chi connectivity index (χ3n) is 4.26. The number of benzene rings is 1. The predicted molar refractivity (Wildman–Crippen MR) is 73.7 cm³/mol. The summed E-state index contributed by atoms with van der Waals surface area (Å²) in [5, 5.41) is 3.08. The van der Waals surface area contributed by atoms with E-state index >= 15 is 0 Å². The van der Waals surface area contributed by atoms with Gasteiger partial charge in [-0.1, -0.05) is 12.8 Å². The van der Waals surface area contributed by atoms with Crippen molar-refractivity contribution in [1.29, 1.82) is 0 Å². The minimum absolute atomic E-state index is 0.176. The number of carbonyl (C=O) groups excluding carboxylic acids is 1. The molecule has 1 fully saturated rings. The first-order valence-corrected chi connectivity index (χ1v) is 6.53. The smallest absolute Gasteiger partial charge is 0.232 e. The summed E-state index contributed by atoms with van der Waals surface area (Å²) in [6.07, 6.45) is 4.29. The van der Waals surface area contributed by atoms with E-state index in [0.717, 1.165) is 49.3 Å². The number of hydrogen-bond donors (Lipinski definition) is 2. The summed E-state index contributed by atoms with van der Waals surface area (Å²) in [6, 6.07) is 5.66. The summed E-state index contributed by atoms with van der Waals surface area (Å²) in [5.41, 5.74) is 8.26. The highest BCUT2D eigenvalue weighted by Crippen LogP contribution is 2.44. The Labute approximate surface area is 107 Å². The molecule has 96 valence electrons. The van der Waals surface area contributed by atoms with Gasteiger partial charge in [-0.15, -0.1) is 0 Å². The molecule has 1 aliphatic heterocycles. The van der Waals surface area contributed by atoms with E-state index in [9.17, 15) is 4.79 Å². The molecule has 0 radical (unpaired) electrons. The summed E-state index contributed by atoms with van der Waals surface area (Å²) in [5.74, 6) is 0.176. The number of amides is 1. The van der Waals surface area contributed by atoms with Crippen LogP contribution in [0, 0.1) is 5.41 Å². The van der Waals surface area contributed by atoms with Gasteiger partial charge in [-0.3, -0.25) is 4.79 Å². The Morgan fingerprint density at radius 3 is 2.78 bits per heavy atom. The zero-order chi connectivity index (χ0) is 12.8. The van der Waals surface area contributed by atoms with E-state index in [-0.39, 0.29) is 11.3 Å². The van der Waals surface area contributed by atoms with Gasteiger partial charge >= 0.3 is 0 Å². The van der Waals surface area contributed by atoms with Crippen LogP contribution >= 0.6 is 0 Å². The van der Waals surface area contributed by atoms with Crippen molar-refractivity contribution in [3.8, 4) is 0 Å². The summed E-state index contributed by atoms with van der Waals surface area (Å²) < 4.78 is 0. The van der Waals surface area contributed by atoms with Crippen molar-refractivity contribution in [3.05, 3.63) is 18.2 Å². The first-order valence-electron chi connectivity index (χ1n) is 6.53. The average Bonchev–Trinajstić information content (AvgIpc) is 2.77. The van der Waals surface area contributed by atoms with Crippen LogP contribution in [0.1, 0.15) is 25.7 Å². The standard InChI is InChI=1S/C14H19N3O/c1-17-9-14(6-2-3-7-14)13(18)16-11-5-4-10(15)8-12(11)17/h4-5,8H,2-3,6-7,9,15H2,1H3,(H,16,18). The average molecular weight is 245 g/mol. The van der Waals surface area contributed by atoms with Crippen LogP contribution < -0.4 is 16.0 Å². The van der Waals surface area contributed by atoms with Gasteiger partial charge in [-0.25, -0.2) is 0 Å². The molecule has 0 bridgehead atoms. The minimum Gasteiger partial charge on any atom is -0.399 e. The number of nitrogen functional groups attached to an aromatic ring is 1. The molecule has 3 N–H and O–H groups in total. The quantitative estimate of drug-likeness (QED) is 0.689. The molecule has 1 aromatic rings. The van der Waals surface area contributed by atoms with Gasteiger partial charge in [0.25, 0.3) is 0 Å². The second kappa shape index (κ2) is 3.90. The molecule has 2 aliphatic rings. The van der Waals surface area contributed by atoms with E-state index in [0.29, 0.717) is 0 Å². The zero-order valence-corrected chi connectivity index (χ0v) is 10.7. The van der Waals surface area contributed by atoms with Crippen molar-refractivity contribution in [1.82, 2.24) is 0 Å². The number of nitrogens with two attached hydrogens (primary N) is 1. The molecule has 4 nitrogen and oxygen atoms in total. The first-order chi connectivity index (χ1) is 8.61. The van der Waals surface area contributed by atoms with Crippen molar-refractivity contribution in [2.45, 2.75) is 25.7 Å². The highest BCUT2D eigenvalue weighted by atomic mass is 16.2. The summed E-state index contributed by atoms with van der Waals surface area (Å²) in [4.78, 5) is 14.6. The fourth-order valence-electron chi connectivity index (χ4n) is 3.27. The van der Waals surface area contributed by atoms with Gasteiger partial charge in [0.2, 0.25) is 5.91 Å². The van der Waals surface area contributed by atoms with Gasteiger partial charge < -0.3 is 16.0 Å². The van der Waals surface area contributed by atoms with E-state index in [1.54, 1.807) is 0 Å². The molecule has 0 atom stereocenters. The Hall–Kier alpha value is -1.71. The Morgan fingerprint density at radius 2 is 2.06 bits per heavy atom. The Morgan fingerprint density at radius 1 is 1.33 bits per heavy atom. The largest absolute Gasteiger partial charge is 0.399 e. The molecule has 1 spiro atoms. The van der Waals surface area contributed by atoms with Crippen LogP contribution in [0.25, 0.3) is 0 Å². The van der Waals surface area contributed by atoms with Crippen molar-refractivity contribution in [2.75, 3.05) is 29.5 Å². The molecule has 1 aliphatic carbocycles. The summed E-state index contributed by atoms with van der Waals surface area (Å²) in [7, 11) is 2.04. The SMILES string of the molecule is CN1CC2(CCCC2)C(=O)Nc2ccc(N)cc21. The second-order valence-electron chi connectivity index (χ2n) is 5.57. The Balaban J connectivity index is 2.03. The van der Waals surface area contributed by atoms with Crippen molar-refractivity contribution in [3.63, 3.8) is 0 Å². The third-order valence-corrected chi connectivity index (χ3v) is 4.26. The Kier molecular flexibility index (Phi) is 2.47. The molecule has 1 amide bonds. The highest BCUT2D eigenvalue weighted by Gasteiger charge is 2.44. The van der Waals surface area contributed by atoms with Crippen LogP contribution in [0.15, 0.2) is 18.2 Å². The van der Waals surface area contributed by atoms with E-state index in [2.05, 4.69) is 10.2 Å². The number of rotatable bonds is 0. The number of fused-ring (bicyclic) bond motifs is 1. The molecule has 0 saturated heterocycles. The van der Waals surface area contributed by atoms with Crippen molar-refractivity contribution in [2.24, 2.45) is 5.41 Å². The van der Waals surface area contributed by atoms with Gasteiger partial charge in [0.1, 0.15) is 0 Å². The minimum atomic E-state index is -0.206. The molecule has 3 rings (SSSR count). The number of carbonyl (C=O) groups is 1. The molecule has 0 unspecified atom stereocenters. The number of nitrogens with zero attached hydrogens (tertiary/aromatic N) is 1. The van der Waals surface area contributed by atoms with Gasteiger partial charge in [0, 0.05) is 19.3 Å². The highest BCUT2D eigenvalue weighted by molar-refractivity contribution is 6.00. The molecule has 1 aromatic carbocycles. The maximum Gasteiger partial charge on any atom is 0.232 e. The van der Waals surface area contributed by atoms with Gasteiger partial charge in [0.05, 0.1) is 16.8 Å². The monoisotopic (exact) mass is 245 g/mol. The molecule has 1 saturated carbocycles. The van der Waals surface area contributed by atoms with Crippen LogP contribution in [0.4, 0.5) is 17.1 Å². The molecule has 1 heterocycles. The van der Waals surface area contributed by atoms with E-state index in [1.807, 2.05) is 25.2 Å². The number of hydrogen-bond acceptors (Lipinski definition) is 3. The van der Waals surface area contributed by atoms with Gasteiger partial charge in [-0.2, -0.15) is 0 Å². The summed E-state index contributed by atoms with van der Waals surface area (Å²) >= 11 is 0.